The normalized spacial score (nSPS) is 11.0. The van der Waals surface area contributed by atoms with Gasteiger partial charge in [-0.2, -0.15) is 0 Å². The lowest BCUT2D eigenvalue weighted by atomic mass is 10.2. The van der Waals surface area contributed by atoms with Crippen LogP contribution in [0.15, 0.2) is 0 Å². The molecule has 0 unspecified atom stereocenters. The highest BCUT2D eigenvalue weighted by Crippen LogP contribution is 1.98. The average molecular weight is 186 g/mol. The van der Waals surface area contributed by atoms with Gasteiger partial charge in [0.25, 0.3) is 0 Å². The molecule has 3 nitrogen and oxygen atoms in total. The van der Waals surface area contributed by atoms with Gasteiger partial charge < -0.3 is 9.80 Å². The molecule has 0 aromatic carbocycles. The second-order valence-electron chi connectivity index (χ2n) is 4.22. The number of hydrogen-bond donors (Lipinski definition) is 0. The maximum Gasteiger partial charge on any atom is 0.223 e. The first kappa shape index (κ1) is 12.4. The van der Waals surface area contributed by atoms with Crippen LogP contribution >= 0.6 is 0 Å². The molecular formula is C10H22N2O. The molecular weight excluding hydrogens is 164 g/mol. The van der Waals surface area contributed by atoms with E-state index in [2.05, 4.69) is 13.8 Å². The standard InChI is InChI=1S/C10H22N2O/c1-9(2)8-12(5)10(13)6-7-11(3)4/h9H,6-8H2,1-5H3. The highest BCUT2D eigenvalue weighted by molar-refractivity contribution is 5.76. The molecule has 0 atom stereocenters. The highest BCUT2D eigenvalue weighted by Gasteiger charge is 2.09. The van der Waals surface area contributed by atoms with Gasteiger partial charge in [0, 0.05) is 26.6 Å². The molecule has 0 aliphatic heterocycles. The SMILES string of the molecule is CC(C)CN(C)C(=O)CCN(C)C. The quantitative estimate of drug-likeness (QED) is 0.641. The van der Waals surface area contributed by atoms with E-state index >= 15 is 0 Å². The first-order chi connectivity index (χ1) is 5.93. The molecule has 3 heteroatoms. The molecule has 13 heavy (non-hydrogen) atoms. The Bertz CT molecular complexity index is 155. The zero-order chi connectivity index (χ0) is 10.4. The van der Waals surface area contributed by atoms with Crippen LogP contribution in [0, 0.1) is 5.92 Å². The van der Waals surface area contributed by atoms with Gasteiger partial charge in [0.2, 0.25) is 5.91 Å². The zero-order valence-electron chi connectivity index (χ0n) is 9.50. The van der Waals surface area contributed by atoms with Gasteiger partial charge in [-0.3, -0.25) is 4.79 Å². The fourth-order valence-electron chi connectivity index (χ4n) is 1.16. The molecule has 0 heterocycles. The maximum absolute atomic E-state index is 11.5. The Hall–Kier alpha value is -0.570. The van der Waals surface area contributed by atoms with Crippen molar-refractivity contribution in [1.82, 2.24) is 9.80 Å². The second-order valence-corrected chi connectivity index (χ2v) is 4.22. The summed E-state index contributed by atoms with van der Waals surface area (Å²) < 4.78 is 0. The second kappa shape index (κ2) is 5.97. The van der Waals surface area contributed by atoms with Crippen LogP contribution in [0.1, 0.15) is 20.3 Å². The predicted octanol–water partition coefficient (Wildman–Crippen LogP) is 1.05. The summed E-state index contributed by atoms with van der Waals surface area (Å²) in [7, 11) is 5.84. The molecule has 0 aliphatic rings. The molecule has 1 amide bonds. The van der Waals surface area contributed by atoms with E-state index in [9.17, 15) is 4.79 Å². The molecule has 0 aromatic rings. The van der Waals surface area contributed by atoms with Crippen molar-refractivity contribution in [1.29, 1.82) is 0 Å². The lowest BCUT2D eigenvalue weighted by molar-refractivity contribution is -0.130. The summed E-state index contributed by atoms with van der Waals surface area (Å²) in [6.07, 6.45) is 0.621. The van der Waals surface area contributed by atoms with Crippen LogP contribution in [-0.4, -0.2) is 49.9 Å². The summed E-state index contributed by atoms with van der Waals surface area (Å²) in [4.78, 5) is 15.3. The Kier molecular flexibility index (Phi) is 5.71. The van der Waals surface area contributed by atoms with Crippen molar-refractivity contribution in [2.75, 3.05) is 34.2 Å². The van der Waals surface area contributed by atoms with Crippen LogP contribution in [0.25, 0.3) is 0 Å². The molecule has 0 bridgehead atoms. The summed E-state index contributed by atoms with van der Waals surface area (Å²) >= 11 is 0. The number of rotatable bonds is 5. The van der Waals surface area contributed by atoms with Gasteiger partial charge in [-0.15, -0.1) is 0 Å². The summed E-state index contributed by atoms with van der Waals surface area (Å²) in [5.41, 5.74) is 0. The summed E-state index contributed by atoms with van der Waals surface area (Å²) in [5, 5.41) is 0. The van der Waals surface area contributed by atoms with Gasteiger partial charge in [-0.25, -0.2) is 0 Å². The molecule has 0 saturated carbocycles. The van der Waals surface area contributed by atoms with E-state index in [1.54, 1.807) is 0 Å². The fraction of sp³-hybridized carbons (Fsp3) is 0.900. The molecule has 0 radical (unpaired) electrons. The van der Waals surface area contributed by atoms with Crippen molar-refractivity contribution < 1.29 is 4.79 Å². The average Bonchev–Trinajstić information content (AvgIpc) is 1.98. The molecule has 0 spiro atoms. The Morgan fingerprint density at radius 1 is 1.23 bits per heavy atom. The fourth-order valence-corrected chi connectivity index (χ4v) is 1.16. The minimum Gasteiger partial charge on any atom is -0.345 e. The maximum atomic E-state index is 11.5. The highest BCUT2D eigenvalue weighted by atomic mass is 16.2. The van der Waals surface area contributed by atoms with Gasteiger partial charge in [-0.05, 0) is 20.0 Å². The van der Waals surface area contributed by atoms with Gasteiger partial charge in [0.15, 0.2) is 0 Å². The predicted molar refractivity (Wildman–Crippen MR) is 55.6 cm³/mol. The van der Waals surface area contributed by atoms with E-state index < -0.39 is 0 Å². The van der Waals surface area contributed by atoms with E-state index in [1.165, 1.54) is 0 Å². The number of hydrogen-bond acceptors (Lipinski definition) is 2. The summed E-state index contributed by atoms with van der Waals surface area (Å²) in [5.74, 6) is 0.788. The van der Waals surface area contributed by atoms with Crippen molar-refractivity contribution in [3.05, 3.63) is 0 Å². The zero-order valence-corrected chi connectivity index (χ0v) is 9.50. The Morgan fingerprint density at radius 2 is 1.77 bits per heavy atom. The van der Waals surface area contributed by atoms with E-state index in [-0.39, 0.29) is 5.91 Å². The topological polar surface area (TPSA) is 23.6 Å². The van der Waals surface area contributed by atoms with Gasteiger partial charge in [0.1, 0.15) is 0 Å². The van der Waals surface area contributed by atoms with Crippen molar-refractivity contribution in [2.45, 2.75) is 20.3 Å². The van der Waals surface area contributed by atoms with E-state index in [0.717, 1.165) is 13.1 Å². The molecule has 0 aliphatic carbocycles. The number of carbonyl (C=O) groups excluding carboxylic acids is 1. The summed E-state index contributed by atoms with van der Waals surface area (Å²) in [6.45, 7) is 5.93. The molecule has 0 aromatic heterocycles. The number of nitrogens with zero attached hydrogens (tertiary/aromatic N) is 2. The van der Waals surface area contributed by atoms with Crippen LogP contribution in [0.5, 0.6) is 0 Å². The molecule has 78 valence electrons. The van der Waals surface area contributed by atoms with E-state index in [1.807, 2.05) is 30.9 Å². The first-order valence-corrected chi connectivity index (χ1v) is 4.82. The van der Waals surface area contributed by atoms with Crippen molar-refractivity contribution >= 4 is 5.91 Å². The molecule has 0 rings (SSSR count). The Morgan fingerprint density at radius 3 is 2.15 bits per heavy atom. The monoisotopic (exact) mass is 186 g/mol. The van der Waals surface area contributed by atoms with Crippen LogP contribution in [0.2, 0.25) is 0 Å². The molecule has 0 fully saturated rings. The minimum absolute atomic E-state index is 0.238. The number of amides is 1. The lowest BCUT2D eigenvalue weighted by Gasteiger charge is -2.20. The largest absolute Gasteiger partial charge is 0.345 e. The third-order valence-electron chi connectivity index (χ3n) is 1.84. The van der Waals surface area contributed by atoms with Crippen LogP contribution in [0.4, 0.5) is 0 Å². The van der Waals surface area contributed by atoms with E-state index in [4.69, 9.17) is 0 Å². The van der Waals surface area contributed by atoms with Crippen molar-refractivity contribution in [2.24, 2.45) is 5.92 Å². The smallest absolute Gasteiger partial charge is 0.223 e. The van der Waals surface area contributed by atoms with Gasteiger partial charge in [0.05, 0.1) is 0 Å². The van der Waals surface area contributed by atoms with Crippen LogP contribution < -0.4 is 0 Å². The van der Waals surface area contributed by atoms with Crippen LogP contribution in [-0.2, 0) is 4.79 Å². The van der Waals surface area contributed by atoms with Gasteiger partial charge in [-0.1, -0.05) is 13.8 Å². The summed E-state index contributed by atoms with van der Waals surface area (Å²) in [6, 6.07) is 0. The Labute approximate surface area is 81.7 Å². The lowest BCUT2D eigenvalue weighted by Crippen LogP contribution is -2.32. The molecule has 0 N–H and O–H groups in total. The Balaban J connectivity index is 3.69. The van der Waals surface area contributed by atoms with Crippen LogP contribution in [0.3, 0.4) is 0 Å². The third-order valence-corrected chi connectivity index (χ3v) is 1.84. The van der Waals surface area contributed by atoms with E-state index in [0.29, 0.717) is 12.3 Å². The van der Waals surface area contributed by atoms with Gasteiger partial charge >= 0.3 is 0 Å². The van der Waals surface area contributed by atoms with Crippen molar-refractivity contribution in [3.8, 4) is 0 Å². The first-order valence-electron chi connectivity index (χ1n) is 4.82. The number of carbonyl (C=O) groups is 1. The third kappa shape index (κ3) is 6.58. The van der Waals surface area contributed by atoms with Crippen molar-refractivity contribution in [3.63, 3.8) is 0 Å². The minimum atomic E-state index is 0.238. The molecule has 0 saturated heterocycles.